The van der Waals surface area contributed by atoms with E-state index in [0.29, 0.717) is 22.7 Å². The highest BCUT2D eigenvalue weighted by atomic mass is 32.2. The Balaban J connectivity index is 1.72. The molecule has 0 fully saturated rings. The highest BCUT2D eigenvalue weighted by Crippen LogP contribution is 2.22. The van der Waals surface area contributed by atoms with Crippen molar-refractivity contribution in [1.82, 2.24) is 35.2 Å². The van der Waals surface area contributed by atoms with Gasteiger partial charge in [0.2, 0.25) is 17.1 Å². The number of unbranched alkanes of at least 4 members (excludes halogenated alkanes) is 1. The number of thioether (sulfide) groups is 1. The Labute approximate surface area is 162 Å². The largest absolute Gasteiger partial charge is 0.368 e. The second kappa shape index (κ2) is 8.76. The Morgan fingerprint density at radius 3 is 2.59 bits per heavy atom. The van der Waals surface area contributed by atoms with Crippen LogP contribution in [0.5, 0.6) is 0 Å². The van der Waals surface area contributed by atoms with Crippen molar-refractivity contribution >= 4 is 23.7 Å². The summed E-state index contributed by atoms with van der Waals surface area (Å²) in [6, 6.07) is 8.32. The van der Waals surface area contributed by atoms with E-state index in [1.165, 1.54) is 30.2 Å². The number of aromatic nitrogens is 7. The number of rotatable bonds is 8. The maximum Gasteiger partial charge on any atom is 0.229 e. The van der Waals surface area contributed by atoms with Crippen LogP contribution in [0.4, 0.5) is 11.9 Å². The van der Waals surface area contributed by atoms with Crippen LogP contribution in [0.25, 0.3) is 5.69 Å². The van der Waals surface area contributed by atoms with Crippen molar-refractivity contribution in [2.75, 3.05) is 24.7 Å². The molecule has 9 nitrogen and oxygen atoms in total. The first-order chi connectivity index (χ1) is 13.1. The third-order valence-electron chi connectivity index (χ3n) is 3.86. The number of hydrogen-bond acceptors (Lipinski definition) is 9. The van der Waals surface area contributed by atoms with E-state index in [2.05, 4.69) is 49.5 Å². The van der Waals surface area contributed by atoms with Gasteiger partial charge in [0, 0.05) is 14.1 Å². The molecule has 0 saturated carbocycles. The lowest BCUT2D eigenvalue weighted by Crippen LogP contribution is -2.16. The topological polar surface area (TPSA) is 112 Å². The summed E-state index contributed by atoms with van der Waals surface area (Å²) in [6.45, 7) is 2.20. The molecule has 3 rings (SSSR count). The van der Waals surface area contributed by atoms with Crippen molar-refractivity contribution in [3.05, 3.63) is 35.7 Å². The molecule has 0 aliphatic rings. The molecule has 0 spiro atoms. The van der Waals surface area contributed by atoms with E-state index in [-0.39, 0.29) is 5.95 Å². The fourth-order valence-corrected chi connectivity index (χ4v) is 3.18. The summed E-state index contributed by atoms with van der Waals surface area (Å²) < 4.78 is 1.71. The SMILES string of the molecule is CCCCc1ccc(-n2nnnc2SCc2nc(N)nc(N(C)C)n2)cc1. The van der Waals surface area contributed by atoms with E-state index in [1.54, 1.807) is 9.58 Å². The van der Waals surface area contributed by atoms with Crippen LogP contribution in [-0.4, -0.2) is 49.3 Å². The minimum Gasteiger partial charge on any atom is -0.368 e. The molecule has 2 N–H and O–H groups in total. The number of benzene rings is 1. The van der Waals surface area contributed by atoms with Gasteiger partial charge in [0.15, 0.2) is 0 Å². The minimum atomic E-state index is 0.201. The van der Waals surface area contributed by atoms with Gasteiger partial charge in [-0.3, -0.25) is 0 Å². The predicted octanol–water partition coefficient (Wildman–Crippen LogP) is 2.13. The molecule has 27 heavy (non-hydrogen) atoms. The first-order valence-electron chi connectivity index (χ1n) is 8.75. The van der Waals surface area contributed by atoms with Crippen LogP contribution in [0.2, 0.25) is 0 Å². The zero-order valence-electron chi connectivity index (χ0n) is 15.7. The van der Waals surface area contributed by atoms with E-state index in [9.17, 15) is 0 Å². The molecule has 0 amide bonds. The lowest BCUT2D eigenvalue weighted by atomic mass is 10.1. The molecule has 0 bridgehead atoms. The fourth-order valence-electron chi connectivity index (χ4n) is 2.43. The molecule has 2 heterocycles. The maximum atomic E-state index is 5.77. The molecule has 0 aliphatic heterocycles. The Morgan fingerprint density at radius 2 is 1.89 bits per heavy atom. The average molecular weight is 386 g/mol. The number of nitrogens with two attached hydrogens (primary N) is 1. The summed E-state index contributed by atoms with van der Waals surface area (Å²) in [6.07, 6.45) is 3.46. The lowest BCUT2D eigenvalue weighted by molar-refractivity contribution is 0.753. The maximum absolute atomic E-state index is 5.77. The quantitative estimate of drug-likeness (QED) is 0.583. The van der Waals surface area contributed by atoms with Crippen molar-refractivity contribution in [3.8, 4) is 5.69 Å². The van der Waals surface area contributed by atoms with Crippen LogP contribution < -0.4 is 10.6 Å². The average Bonchev–Trinajstić information content (AvgIpc) is 3.13. The van der Waals surface area contributed by atoms with Crippen molar-refractivity contribution in [1.29, 1.82) is 0 Å². The molecule has 10 heteroatoms. The van der Waals surface area contributed by atoms with E-state index in [1.807, 2.05) is 26.2 Å². The Bertz CT molecular complexity index is 876. The Morgan fingerprint density at radius 1 is 1.11 bits per heavy atom. The van der Waals surface area contributed by atoms with Crippen molar-refractivity contribution in [3.63, 3.8) is 0 Å². The third kappa shape index (κ3) is 4.91. The molecule has 0 radical (unpaired) electrons. The summed E-state index contributed by atoms with van der Waals surface area (Å²) >= 11 is 1.45. The normalized spacial score (nSPS) is 10.9. The molecule has 1 aromatic carbocycles. The lowest BCUT2D eigenvalue weighted by Gasteiger charge is -2.11. The summed E-state index contributed by atoms with van der Waals surface area (Å²) in [5, 5.41) is 12.7. The zero-order chi connectivity index (χ0) is 19.2. The summed E-state index contributed by atoms with van der Waals surface area (Å²) in [5.74, 6) is 1.80. The van der Waals surface area contributed by atoms with E-state index in [0.717, 1.165) is 12.1 Å². The van der Waals surface area contributed by atoms with Gasteiger partial charge in [-0.15, -0.1) is 5.10 Å². The summed E-state index contributed by atoms with van der Waals surface area (Å²) in [5.41, 5.74) is 8.01. The predicted molar refractivity (Wildman–Crippen MR) is 106 cm³/mol. The molecule has 0 saturated heterocycles. The second-order valence-corrected chi connectivity index (χ2v) is 7.18. The van der Waals surface area contributed by atoms with Gasteiger partial charge in [0.1, 0.15) is 5.82 Å². The molecule has 3 aromatic rings. The van der Waals surface area contributed by atoms with Crippen LogP contribution in [0.3, 0.4) is 0 Å². The monoisotopic (exact) mass is 385 g/mol. The highest BCUT2D eigenvalue weighted by molar-refractivity contribution is 7.98. The van der Waals surface area contributed by atoms with Gasteiger partial charge in [-0.2, -0.15) is 19.6 Å². The first-order valence-corrected chi connectivity index (χ1v) is 9.73. The van der Waals surface area contributed by atoms with Crippen molar-refractivity contribution < 1.29 is 0 Å². The fraction of sp³-hybridized carbons (Fsp3) is 0.412. The van der Waals surface area contributed by atoms with Crippen LogP contribution >= 0.6 is 11.8 Å². The number of nitrogens with zero attached hydrogens (tertiary/aromatic N) is 8. The molecule has 142 valence electrons. The van der Waals surface area contributed by atoms with Crippen molar-refractivity contribution in [2.24, 2.45) is 0 Å². The standard InChI is InChI=1S/C17H23N9S/c1-4-5-6-12-7-9-13(10-8-12)26-17(22-23-24-26)27-11-14-19-15(18)21-16(20-14)25(2)3/h7-10H,4-6,11H2,1-3H3,(H2,18,19,20,21). The van der Waals surface area contributed by atoms with Gasteiger partial charge < -0.3 is 10.6 Å². The van der Waals surface area contributed by atoms with E-state index in [4.69, 9.17) is 5.73 Å². The molecule has 0 atom stereocenters. The van der Waals surface area contributed by atoms with Gasteiger partial charge >= 0.3 is 0 Å². The molecular formula is C17H23N9S. The van der Waals surface area contributed by atoms with Gasteiger partial charge in [-0.1, -0.05) is 37.2 Å². The van der Waals surface area contributed by atoms with Crippen LogP contribution in [0.15, 0.2) is 29.4 Å². The van der Waals surface area contributed by atoms with E-state index >= 15 is 0 Å². The van der Waals surface area contributed by atoms with Gasteiger partial charge in [-0.05, 0) is 41.0 Å². The Hall–Kier alpha value is -2.75. The Kier molecular flexibility index (Phi) is 6.17. The number of tetrazole rings is 1. The van der Waals surface area contributed by atoms with E-state index < -0.39 is 0 Å². The highest BCUT2D eigenvalue weighted by Gasteiger charge is 2.12. The molecule has 0 unspecified atom stereocenters. The first kappa shape index (κ1) is 19.0. The minimum absolute atomic E-state index is 0.201. The van der Waals surface area contributed by atoms with Crippen LogP contribution in [-0.2, 0) is 12.2 Å². The van der Waals surface area contributed by atoms with Crippen LogP contribution in [0, 0.1) is 0 Å². The summed E-state index contributed by atoms with van der Waals surface area (Å²) in [7, 11) is 3.72. The smallest absolute Gasteiger partial charge is 0.229 e. The van der Waals surface area contributed by atoms with Crippen molar-refractivity contribution in [2.45, 2.75) is 37.1 Å². The number of anilines is 2. The molecule has 0 aliphatic carbocycles. The van der Waals surface area contributed by atoms with Gasteiger partial charge in [0.25, 0.3) is 0 Å². The van der Waals surface area contributed by atoms with Gasteiger partial charge in [0.05, 0.1) is 11.4 Å². The third-order valence-corrected chi connectivity index (χ3v) is 4.77. The summed E-state index contributed by atoms with van der Waals surface area (Å²) in [4.78, 5) is 14.5. The molecule has 2 aromatic heterocycles. The number of aryl methyl sites for hydroxylation is 1. The zero-order valence-corrected chi connectivity index (χ0v) is 16.5. The molecular weight excluding hydrogens is 362 g/mol. The van der Waals surface area contributed by atoms with Gasteiger partial charge in [-0.25, -0.2) is 0 Å². The number of hydrogen-bond donors (Lipinski definition) is 1. The number of nitrogen functional groups attached to an aromatic ring is 1. The van der Waals surface area contributed by atoms with Crippen LogP contribution in [0.1, 0.15) is 31.2 Å². The second-order valence-electron chi connectivity index (χ2n) is 6.24.